The van der Waals surface area contributed by atoms with Gasteiger partial charge in [-0.1, -0.05) is 37.2 Å². The van der Waals surface area contributed by atoms with Crippen LogP contribution in [0.5, 0.6) is 0 Å². The van der Waals surface area contributed by atoms with Crippen LogP contribution in [0.1, 0.15) is 0 Å². The minimum absolute atomic E-state index is 0.0191. The summed E-state index contributed by atoms with van der Waals surface area (Å²) < 4.78 is 9.91. The van der Waals surface area contributed by atoms with Crippen molar-refractivity contribution in [2.24, 2.45) is 0 Å². The van der Waals surface area contributed by atoms with Crippen LogP contribution in [0.2, 0.25) is 19.6 Å². The third kappa shape index (κ3) is 4.73. The molecule has 0 aromatic carbocycles. The molecule has 0 atom stereocenters. The molecule has 20 heavy (non-hydrogen) atoms. The maximum atomic E-state index is 12.0. The van der Waals surface area contributed by atoms with Crippen molar-refractivity contribution in [2.75, 3.05) is 20.5 Å². The maximum Gasteiger partial charge on any atom is 0.213 e. The second kappa shape index (κ2) is 7.00. The van der Waals surface area contributed by atoms with Gasteiger partial charge in [-0.15, -0.1) is 5.54 Å². The molecule has 0 bridgehead atoms. The van der Waals surface area contributed by atoms with E-state index in [0.717, 1.165) is 6.08 Å². The largest absolute Gasteiger partial charge is 0.359 e. The lowest BCUT2D eigenvalue weighted by Crippen LogP contribution is -2.22. The van der Waals surface area contributed by atoms with Crippen molar-refractivity contribution in [1.82, 2.24) is 0 Å². The summed E-state index contributed by atoms with van der Waals surface area (Å²) in [6, 6.07) is 0. The van der Waals surface area contributed by atoms with E-state index in [2.05, 4.69) is 11.5 Å². The van der Waals surface area contributed by atoms with E-state index < -0.39 is 13.9 Å². The van der Waals surface area contributed by atoms with Gasteiger partial charge < -0.3 is 9.47 Å². The lowest BCUT2D eigenvalue weighted by Gasteiger charge is -2.13. The number of ketones is 2. The van der Waals surface area contributed by atoms with Crippen molar-refractivity contribution in [3.8, 4) is 11.5 Å². The molecular weight excluding hydrogens is 296 g/mol. The number of hydrogen-bond acceptors (Lipinski definition) is 4. The molecule has 0 heterocycles. The number of carbonyl (C=O) groups is 2. The lowest BCUT2D eigenvalue weighted by molar-refractivity contribution is -0.116. The quantitative estimate of drug-likeness (QED) is 0.262. The van der Waals surface area contributed by atoms with Crippen LogP contribution in [0.3, 0.4) is 0 Å². The summed E-state index contributed by atoms with van der Waals surface area (Å²) in [5, 5.41) is -0.106. The molecule has 0 radical (unpaired) electrons. The fourth-order valence-corrected chi connectivity index (χ4v) is 2.09. The number of hydrogen-bond donors (Lipinski definition) is 0. The van der Waals surface area contributed by atoms with Crippen LogP contribution in [0.4, 0.5) is 0 Å². The summed E-state index contributed by atoms with van der Waals surface area (Å²) in [5.41, 5.74) is 3.45. The Balaban J connectivity index is 3.15. The molecule has 0 amide bonds. The van der Waals surface area contributed by atoms with Crippen molar-refractivity contribution >= 4 is 31.2 Å². The van der Waals surface area contributed by atoms with E-state index in [1.54, 1.807) is 0 Å². The number of allylic oxidation sites excluding steroid dienone is 3. The Hall–Kier alpha value is -1.19. The van der Waals surface area contributed by atoms with Crippen LogP contribution >= 0.6 is 11.6 Å². The topological polar surface area (TPSA) is 52.6 Å². The molecule has 0 aliphatic heterocycles. The minimum Gasteiger partial charge on any atom is -0.359 e. The van der Waals surface area contributed by atoms with Gasteiger partial charge in [-0.25, -0.2) is 0 Å². The Kier molecular flexibility index (Phi) is 5.90. The first-order valence-electron chi connectivity index (χ1n) is 6.05. The summed E-state index contributed by atoms with van der Waals surface area (Å²) in [4.78, 5) is 24.0. The number of halogens is 1. The number of methoxy groups -OCH3 is 1. The molecule has 0 aromatic heterocycles. The summed E-state index contributed by atoms with van der Waals surface area (Å²) in [5.74, 6) is 2.06. The van der Waals surface area contributed by atoms with Crippen molar-refractivity contribution in [3.63, 3.8) is 0 Å². The van der Waals surface area contributed by atoms with Crippen molar-refractivity contribution in [1.29, 1.82) is 0 Å². The van der Waals surface area contributed by atoms with E-state index in [1.807, 2.05) is 19.6 Å². The van der Waals surface area contributed by atoms with Crippen molar-refractivity contribution < 1.29 is 19.1 Å². The highest BCUT2D eigenvalue weighted by Crippen LogP contribution is 2.22. The zero-order chi connectivity index (χ0) is 15.3. The molecule has 1 rings (SSSR count). The number of rotatable bonds is 4. The summed E-state index contributed by atoms with van der Waals surface area (Å²) in [6.45, 7) is 6.17. The van der Waals surface area contributed by atoms with E-state index in [0.29, 0.717) is 0 Å². The van der Waals surface area contributed by atoms with Gasteiger partial charge in [-0.3, -0.25) is 9.59 Å². The van der Waals surface area contributed by atoms with Crippen LogP contribution in [-0.2, 0) is 19.1 Å². The summed E-state index contributed by atoms with van der Waals surface area (Å²) in [7, 11) is -0.192. The first-order valence-corrected chi connectivity index (χ1v) is 9.93. The molecule has 0 N–H and O–H groups in total. The zero-order valence-electron chi connectivity index (χ0n) is 12.0. The van der Waals surface area contributed by atoms with Gasteiger partial charge in [0.25, 0.3) is 0 Å². The van der Waals surface area contributed by atoms with Crippen molar-refractivity contribution in [3.05, 3.63) is 22.3 Å². The molecule has 4 nitrogen and oxygen atoms in total. The molecule has 108 valence electrons. The Labute approximate surface area is 124 Å². The first-order chi connectivity index (χ1) is 9.26. The predicted molar refractivity (Wildman–Crippen MR) is 79.9 cm³/mol. The average Bonchev–Trinajstić information content (AvgIpc) is 2.33. The highest BCUT2D eigenvalue weighted by molar-refractivity contribution is 6.84. The monoisotopic (exact) mass is 312 g/mol. The Bertz CT molecular complexity index is 544. The molecule has 0 aromatic rings. The molecule has 1 aliphatic rings. The smallest absolute Gasteiger partial charge is 0.213 e. The van der Waals surface area contributed by atoms with Gasteiger partial charge in [0, 0.05) is 18.8 Å². The first kappa shape index (κ1) is 16.9. The minimum atomic E-state index is -1.67. The second-order valence-electron chi connectivity index (χ2n) is 5.29. The maximum absolute atomic E-state index is 12.0. The Morgan fingerprint density at radius 2 is 1.95 bits per heavy atom. The summed E-state index contributed by atoms with van der Waals surface area (Å²) in [6.07, 6.45) is 1.11. The lowest BCUT2D eigenvalue weighted by atomic mass is 9.96. The molecule has 0 spiro atoms. The number of carbonyl (C=O) groups excluding carboxylic acids is 2. The predicted octanol–water partition coefficient (Wildman–Crippen LogP) is 2.06. The van der Waals surface area contributed by atoms with Crippen LogP contribution in [0, 0.1) is 11.5 Å². The third-order valence-corrected chi connectivity index (χ3v) is 3.47. The third-order valence-electron chi connectivity index (χ3n) is 2.31. The SMILES string of the molecule is COCOCC1=C(C#C[Si](C)(C)C)C(=O)C(Cl)=CC1=O. The number of ether oxygens (including phenoxy) is 2. The fourth-order valence-electron chi connectivity index (χ4n) is 1.40. The second-order valence-corrected chi connectivity index (χ2v) is 10.5. The van der Waals surface area contributed by atoms with Gasteiger partial charge in [-0.2, -0.15) is 0 Å². The van der Waals surface area contributed by atoms with Gasteiger partial charge in [0.05, 0.1) is 17.2 Å². The average molecular weight is 313 g/mol. The summed E-state index contributed by atoms with van der Waals surface area (Å²) >= 11 is 5.77. The molecule has 0 fully saturated rings. The molecule has 0 unspecified atom stereocenters. The van der Waals surface area contributed by atoms with Gasteiger partial charge in [0.2, 0.25) is 5.78 Å². The standard InChI is InChI=1S/C14H17ClO4Si/c1-18-9-19-8-11-10(5-6-20(2,3)4)14(17)12(15)7-13(11)16/h7H,8-9H2,1-4H3. The van der Waals surface area contributed by atoms with Gasteiger partial charge in [-0.05, 0) is 0 Å². The Morgan fingerprint density at radius 3 is 2.50 bits per heavy atom. The van der Waals surface area contributed by atoms with Crippen LogP contribution in [-0.4, -0.2) is 40.1 Å². The molecule has 6 heteroatoms. The molecule has 0 saturated carbocycles. The molecule has 0 saturated heterocycles. The van der Waals surface area contributed by atoms with E-state index in [1.165, 1.54) is 7.11 Å². The van der Waals surface area contributed by atoms with Crippen molar-refractivity contribution in [2.45, 2.75) is 19.6 Å². The van der Waals surface area contributed by atoms with Crippen LogP contribution in [0.25, 0.3) is 0 Å². The van der Waals surface area contributed by atoms with Gasteiger partial charge >= 0.3 is 0 Å². The van der Waals surface area contributed by atoms with E-state index >= 15 is 0 Å². The Morgan fingerprint density at radius 1 is 1.30 bits per heavy atom. The highest BCUT2D eigenvalue weighted by Gasteiger charge is 2.27. The van der Waals surface area contributed by atoms with Gasteiger partial charge in [0.15, 0.2) is 5.78 Å². The molecular formula is C14H17ClO4Si. The number of Topliss-reactive ketones (excluding diaryl/α,β-unsaturated/α-hetero) is 1. The van der Waals surface area contributed by atoms with E-state index in [-0.39, 0.29) is 35.4 Å². The highest BCUT2D eigenvalue weighted by atomic mass is 35.5. The van der Waals surface area contributed by atoms with Crippen LogP contribution < -0.4 is 0 Å². The zero-order valence-corrected chi connectivity index (χ0v) is 13.8. The van der Waals surface area contributed by atoms with E-state index in [9.17, 15) is 9.59 Å². The van der Waals surface area contributed by atoms with Crippen LogP contribution in [0.15, 0.2) is 22.3 Å². The normalized spacial score (nSPS) is 15.9. The fraction of sp³-hybridized carbons (Fsp3) is 0.429. The van der Waals surface area contributed by atoms with Gasteiger partial charge in [0.1, 0.15) is 14.9 Å². The molecule has 1 aliphatic carbocycles. The van der Waals surface area contributed by atoms with E-state index in [4.69, 9.17) is 21.1 Å².